The fraction of sp³-hybridized carbons (Fsp3) is 0.0833. The second-order valence-corrected chi connectivity index (χ2v) is 8.34. The van der Waals surface area contributed by atoms with Crippen molar-refractivity contribution < 1.29 is 9.18 Å². The van der Waals surface area contributed by atoms with Crippen molar-refractivity contribution in [3.05, 3.63) is 111 Å². The lowest BCUT2D eigenvalue weighted by Gasteiger charge is -2.12. The molecule has 0 radical (unpaired) electrons. The number of rotatable bonds is 5. The third-order valence-corrected chi connectivity index (χ3v) is 6.40. The molecule has 0 fully saturated rings. The number of nitrogens with zero attached hydrogens (tertiary/aromatic N) is 3. The zero-order chi connectivity index (χ0) is 22.2. The van der Waals surface area contributed by atoms with Crippen molar-refractivity contribution in [2.45, 2.75) is 13.1 Å². The summed E-state index contributed by atoms with van der Waals surface area (Å²) in [6, 6.07) is 17.8. The maximum Gasteiger partial charge on any atom is 0.332 e. The predicted molar refractivity (Wildman–Crippen MR) is 122 cm³/mol. The average Bonchev–Trinajstić information content (AvgIpc) is 3.20. The molecule has 3 heterocycles. The molecule has 0 unspecified atom stereocenters. The third-order valence-electron chi connectivity index (χ3n) is 5.25. The second kappa shape index (κ2) is 7.97. The van der Waals surface area contributed by atoms with Crippen LogP contribution in [0.2, 0.25) is 0 Å². The van der Waals surface area contributed by atoms with Gasteiger partial charge in [-0.2, -0.15) is 0 Å². The van der Waals surface area contributed by atoms with E-state index < -0.39 is 17.1 Å². The minimum Gasteiger partial charge on any atom is -0.292 e. The Labute approximate surface area is 184 Å². The number of carbonyl (C=O) groups excluding carboxylic acids is 1. The topological polar surface area (TPSA) is 74.0 Å². The van der Waals surface area contributed by atoms with Gasteiger partial charge in [0.25, 0.3) is 5.56 Å². The van der Waals surface area contributed by atoms with Crippen LogP contribution in [-0.4, -0.2) is 19.9 Å². The fourth-order valence-electron chi connectivity index (χ4n) is 3.71. The van der Waals surface area contributed by atoms with Crippen molar-refractivity contribution in [3.8, 4) is 0 Å². The number of hydrogen-bond donors (Lipinski definition) is 0. The lowest BCUT2D eigenvalue weighted by atomic mass is 10.1. The molecule has 5 rings (SSSR count). The highest BCUT2D eigenvalue weighted by atomic mass is 32.1. The molecular formula is C24H16FN3O3S. The van der Waals surface area contributed by atoms with Gasteiger partial charge in [0.15, 0.2) is 5.78 Å². The minimum absolute atomic E-state index is 0.00652. The summed E-state index contributed by atoms with van der Waals surface area (Å²) in [5, 5.41) is 0.735. The average molecular weight is 445 g/mol. The first-order chi connectivity index (χ1) is 15.5. The first kappa shape index (κ1) is 20.0. The van der Waals surface area contributed by atoms with Gasteiger partial charge in [-0.1, -0.05) is 24.3 Å². The Morgan fingerprint density at radius 2 is 1.69 bits per heavy atom. The van der Waals surface area contributed by atoms with Crippen molar-refractivity contribution in [1.82, 2.24) is 14.1 Å². The summed E-state index contributed by atoms with van der Waals surface area (Å²) in [4.78, 5) is 43.9. The molecule has 0 saturated heterocycles. The van der Waals surface area contributed by atoms with Gasteiger partial charge >= 0.3 is 5.69 Å². The van der Waals surface area contributed by atoms with Gasteiger partial charge in [0, 0.05) is 21.8 Å². The fourth-order valence-corrected chi connectivity index (χ4v) is 4.86. The number of Topliss-reactive ketones (excluding diaryl/α,β-unsaturated/α-hetero) is 1. The van der Waals surface area contributed by atoms with E-state index in [4.69, 9.17) is 0 Å². The number of hydrogen-bond acceptors (Lipinski definition) is 5. The van der Waals surface area contributed by atoms with E-state index in [1.54, 1.807) is 24.4 Å². The summed E-state index contributed by atoms with van der Waals surface area (Å²) in [6.45, 7) is -0.280. The molecule has 0 bridgehead atoms. The third kappa shape index (κ3) is 3.44. The Morgan fingerprint density at radius 1 is 0.938 bits per heavy atom. The molecule has 6 nitrogen and oxygen atoms in total. The van der Waals surface area contributed by atoms with Crippen LogP contribution in [0.3, 0.4) is 0 Å². The van der Waals surface area contributed by atoms with Crippen molar-refractivity contribution in [1.29, 1.82) is 0 Å². The van der Waals surface area contributed by atoms with Gasteiger partial charge in [-0.05, 0) is 42.5 Å². The predicted octanol–water partition coefficient (Wildman–Crippen LogP) is 3.84. The van der Waals surface area contributed by atoms with Gasteiger partial charge in [0.2, 0.25) is 0 Å². The molecule has 0 aliphatic carbocycles. The van der Waals surface area contributed by atoms with Crippen LogP contribution >= 0.6 is 11.3 Å². The van der Waals surface area contributed by atoms with E-state index in [0.717, 1.165) is 14.7 Å². The Morgan fingerprint density at radius 3 is 2.44 bits per heavy atom. The molecular weight excluding hydrogens is 429 g/mol. The highest BCUT2D eigenvalue weighted by Gasteiger charge is 2.20. The number of halogens is 1. The van der Waals surface area contributed by atoms with Crippen LogP contribution in [0, 0.1) is 5.82 Å². The molecule has 5 aromatic rings. The highest BCUT2D eigenvalue weighted by Crippen LogP contribution is 2.31. The highest BCUT2D eigenvalue weighted by molar-refractivity contribution is 7.25. The maximum absolute atomic E-state index is 13.5. The number of fused-ring (bicyclic) bond motifs is 3. The summed E-state index contributed by atoms with van der Waals surface area (Å²) >= 11 is 1.29. The van der Waals surface area contributed by atoms with Gasteiger partial charge in [-0.3, -0.25) is 23.7 Å². The smallest absolute Gasteiger partial charge is 0.292 e. The molecule has 0 aliphatic rings. The quantitative estimate of drug-likeness (QED) is 0.385. The monoisotopic (exact) mass is 445 g/mol. The Kier molecular flexibility index (Phi) is 4.99. The lowest BCUT2D eigenvalue weighted by Crippen LogP contribution is -2.41. The van der Waals surface area contributed by atoms with Crippen LogP contribution in [-0.2, 0) is 13.1 Å². The molecule has 0 N–H and O–H groups in total. The van der Waals surface area contributed by atoms with Crippen molar-refractivity contribution in [2.75, 3.05) is 0 Å². The summed E-state index contributed by atoms with van der Waals surface area (Å²) in [7, 11) is 0. The molecule has 0 saturated carbocycles. The van der Waals surface area contributed by atoms with E-state index in [1.165, 1.54) is 40.2 Å². The molecule has 0 spiro atoms. The molecule has 8 heteroatoms. The van der Waals surface area contributed by atoms with E-state index in [1.807, 2.05) is 24.3 Å². The number of pyridine rings is 1. The van der Waals surface area contributed by atoms with E-state index >= 15 is 0 Å². The van der Waals surface area contributed by atoms with Gasteiger partial charge in [0.1, 0.15) is 10.5 Å². The number of ketones is 1. The molecule has 2 aromatic carbocycles. The van der Waals surface area contributed by atoms with E-state index in [9.17, 15) is 18.8 Å². The molecule has 32 heavy (non-hydrogen) atoms. The van der Waals surface area contributed by atoms with Crippen molar-refractivity contribution in [3.63, 3.8) is 0 Å². The summed E-state index contributed by atoms with van der Waals surface area (Å²) in [6.07, 6.45) is 1.59. The van der Waals surface area contributed by atoms with Gasteiger partial charge in [0.05, 0.1) is 24.3 Å². The number of carbonyl (C=O) groups is 1. The van der Waals surface area contributed by atoms with Crippen LogP contribution < -0.4 is 11.2 Å². The van der Waals surface area contributed by atoms with E-state index in [2.05, 4.69) is 4.98 Å². The molecule has 3 aromatic heterocycles. The van der Waals surface area contributed by atoms with Crippen LogP contribution in [0.15, 0.2) is 82.5 Å². The summed E-state index contributed by atoms with van der Waals surface area (Å²) in [5.74, 6) is -0.805. The van der Waals surface area contributed by atoms with Crippen LogP contribution in [0.25, 0.3) is 20.3 Å². The van der Waals surface area contributed by atoms with E-state index in [0.29, 0.717) is 15.9 Å². The normalized spacial score (nSPS) is 11.3. The number of benzene rings is 2. The van der Waals surface area contributed by atoms with Gasteiger partial charge in [-0.15, -0.1) is 11.3 Å². The lowest BCUT2D eigenvalue weighted by molar-refractivity contribution is 0.0971. The summed E-state index contributed by atoms with van der Waals surface area (Å²) < 4.78 is 17.0. The van der Waals surface area contributed by atoms with Gasteiger partial charge < -0.3 is 0 Å². The summed E-state index contributed by atoms with van der Waals surface area (Å²) in [5.41, 5.74) is 0.278. The molecule has 0 amide bonds. The van der Waals surface area contributed by atoms with Crippen LogP contribution in [0.1, 0.15) is 16.1 Å². The largest absolute Gasteiger partial charge is 0.332 e. The van der Waals surface area contributed by atoms with Crippen LogP contribution in [0.4, 0.5) is 4.39 Å². The Hall–Kier alpha value is -3.91. The molecule has 158 valence electrons. The van der Waals surface area contributed by atoms with Gasteiger partial charge in [-0.25, -0.2) is 9.18 Å². The Balaban J connectivity index is 1.73. The zero-order valence-electron chi connectivity index (χ0n) is 16.7. The second-order valence-electron chi connectivity index (χ2n) is 7.29. The molecule has 0 atom stereocenters. The maximum atomic E-state index is 13.5. The van der Waals surface area contributed by atoms with Crippen molar-refractivity contribution >= 4 is 37.4 Å². The number of thiophene rings is 1. The Bertz CT molecular complexity index is 1590. The van der Waals surface area contributed by atoms with Crippen molar-refractivity contribution in [2.24, 2.45) is 0 Å². The minimum atomic E-state index is -0.591. The number of aromatic nitrogens is 3. The first-order valence-electron chi connectivity index (χ1n) is 9.86. The van der Waals surface area contributed by atoms with E-state index in [-0.39, 0.29) is 24.4 Å². The standard InChI is InChI=1S/C24H16FN3O3S/c25-16-10-8-15(9-11-16)19(29)14-27-21-18-6-1-2-7-20(18)32-22(21)23(30)28(24(27)31)13-17-5-3-4-12-26-17/h1-12H,13-14H2. The zero-order valence-corrected chi connectivity index (χ0v) is 17.5. The SMILES string of the molecule is O=C(Cn1c(=O)n(Cc2ccccn2)c(=O)c2sc3ccccc3c21)c1ccc(F)cc1. The van der Waals surface area contributed by atoms with Crippen LogP contribution in [0.5, 0.6) is 0 Å². The first-order valence-corrected chi connectivity index (χ1v) is 10.7. The molecule has 0 aliphatic heterocycles.